The number of halogens is 7. The summed E-state index contributed by atoms with van der Waals surface area (Å²) in [5, 5.41) is 0. The van der Waals surface area contributed by atoms with E-state index in [-0.39, 0.29) is 11.3 Å². The lowest BCUT2D eigenvalue weighted by molar-refractivity contribution is -0.354. The Morgan fingerprint density at radius 3 is 1.67 bits per heavy atom. The fourth-order valence-corrected chi connectivity index (χ4v) is 1.21. The maximum absolute atomic E-state index is 13.0. The molecule has 1 rings (SSSR count). The third kappa shape index (κ3) is 2.68. The minimum Gasteiger partial charge on any atom is -0.399 e. The molecule has 2 N–H and O–H groups in total. The summed E-state index contributed by atoms with van der Waals surface area (Å²) < 4.78 is 86.7. The molecule has 0 bridgehead atoms. The van der Waals surface area contributed by atoms with Crippen molar-refractivity contribution in [1.29, 1.82) is 0 Å². The number of hydrogen-bond acceptors (Lipinski definition) is 1. The Labute approximate surface area is 97.4 Å². The zero-order valence-electron chi connectivity index (χ0n) is 8.74. The second-order valence-electron chi connectivity index (χ2n) is 3.69. The van der Waals surface area contributed by atoms with Crippen molar-refractivity contribution in [3.8, 4) is 0 Å². The van der Waals surface area contributed by atoms with Crippen LogP contribution in [0.5, 0.6) is 0 Å². The lowest BCUT2D eigenvalue weighted by Crippen LogP contribution is -2.52. The van der Waals surface area contributed by atoms with Crippen molar-refractivity contribution >= 4 is 5.69 Å². The van der Waals surface area contributed by atoms with E-state index in [1.165, 1.54) is 0 Å². The summed E-state index contributed by atoms with van der Waals surface area (Å²) in [5.74, 6) is -11.3. The lowest BCUT2D eigenvalue weighted by atomic mass is 10.0. The number of alkyl halides is 7. The first-order chi connectivity index (χ1) is 7.97. The lowest BCUT2D eigenvalue weighted by Gasteiger charge is -2.28. The molecule has 0 saturated heterocycles. The van der Waals surface area contributed by atoms with Crippen LogP contribution in [0, 0.1) is 0 Å². The maximum Gasteiger partial charge on any atom is 0.459 e. The van der Waals surface area contributed by atoms with E-state index in [1.54, 1.807) is 0 Å². The van der Waals surface area contributed by atoms with E-state index in [4.69, 9.17) is 5.73 Å². The van der Waals surface area contributed by atoms with Crippen molar-refractivity contribution in [1.82, 2.24) is 0 Å². The predicted molar refractivity (Wildman–Crippen MR) is 50.5 cm³/mol. The summed E-state index contributed by atoms with van der Waals surface area (Å²) in [6, 6.07) is 4.21. The highest BCUT2D eigenvalue weighted by atomic mass is 19.4. The van der Waals surface area contributed by atoms with Crippen LogP contribution in [-0.2, 0) is 6.42 Å². The molecule has 0 spiro atoms. The van der Waals surface area contributed by atoms with Crippen LogP contribution in [-0.4, -0.2) is 18.0 Å². The first-order valence-corrected chi connectivity index (χ1v) is 4.64. The van der Waals surface area contributed by atoms with Gasteiger partial charge in [0.2, 0.25) is 0 Å². The molecule has 0 atom stereocenters. The molecule has 102 valence electrons. The molecule has 18 heavy (non-hydrogen) atoms. The Morgan fingerprint density at radius 2 is 1.28 bits per heavy atom. The summed E-state index contributed by atoms with van der Waals surface area (Å²) in [7, 11) is 0. The van der Waals surface area contributed by atoms with Crippen molar-refractivity contribution in [2.24, 2.45) is 0 Å². The molecule has 0 heterocycles. The van der Waals surface area contributed by atoms with E-state index in [0.717, 1.165) is 24.3 Å². The van der Waals surface area contributed by atoms with Gasteiger partial charge in [-0.1, -0.05) is 12.1 Å². The monoisotopic (exact) mass is 275 g/mol. The summed E-state index contributed by atoms with van der Waals surface area (Å²) in [5.41, 5.74) is 5.05. The van der Waals surface area contributed by atoms with Gasteiger partial charge in [-0.3, -0.25) is 0 Å². The van der Waals surface area contributed by atoms with Gasteiger partial charge >= 0.3 is 18.0 Å². The molecule has 0 aliphatic carbocycles. The number of anilines is 1. The van der Waals surface area contributed by atoms with Crippen LogP contribution in [0.4, 0.5) is 36.4 Å². The van der Waals surface area contributed by atoms with Gasteiger partial charge in [0.15, 0.2) is 0 Å². The number of hydrogen-bond donors (Lipinski definition) is 1. The van der Waals surface area contributed by atoms with Gasteiger partial charge in [-0.2, -0.15) is 30.7 Å². The standard InChI is InChI=1S/C10H8F7N/c11-8(12,9(13,14)10(15,16)17)5-6-1-3-7(18)4-2-6/h1-4H,5,18H2. The molecule has 0 fully saturated rings. The van der Waals surface area contributed by atoms with Gasteiger partial charge in [-0.05, 0) is 17.7 Å². The van der Waals surface area contributed by atoms with Crippen molar-refractivity contribution in [3.05, 3.63) is 29.8 Å². The fraction of sp³-hybridized carbons (Fsp3) is 0.400. The molecule has 1 aromatic carbocycles. The van der Waals surface area contributed by atoms with Crippen molar-refractivity contribution in [3.63, 3.8) is 0 Å². The quantitative estimate of drug-likeness (QED) is 0.661. The third-order valence-electron chi connectivity index (χ3n) is 2.22. The van der Waals surface area contributed by atoms with Gasteiger partial charge in [-0.25, -0.2) is 0 Å². The molecule has 0 saturated carbocycles. The molecule has 0 aliphatic rings. The van der Waals surface area contributed by atoms with Gasteiger partial charge in [0.25, 0.3) is 0 Å². The fourth-order valence-electron chi connectivity index (χ4n) is 1.21. The SMILES string of the molecule is Nc1ccc(CC(F)(F)C(F)(F)C(F)(F)F)cc1. The average molecular weight is 275 g/mol. The van der Waals surface area contributed by atoms with Crippen LogP contribution in [0.25, 0.3) is 0 Å². The van der Waals surface area contributed by atoms with Gasteiger partial charge in [0.1, 0.15) is 0 Å². The molecule has 0 aliphatic heterocycles. The van der Waals surface area contributed by atoms with Crippen LogP contribution in [0.15, 0.2) is 24.3 Å². The minimum atomic E-state index is -6.30. The molecule has 0 amide bonds. The van der Waals surface area contributed by atoms with Gasteiger partial charge < -0.3 is 5.73 Å². The number of nitrogens with two attached hydrogens (primary N) is 1. The second kappa shape index (κ2) is 4.33. The van der Waals surface area contributed by atoms with E-state index in [9.17, 15) is 30.7 Å². The van der Waals surface area contributed by atoms with Crippen LogP contribution in [0.3, 0.4) is 0 Å². The van der Waals surface area contributed by atoms with E-state index >= 15 is 0 Å². The molecule has 0 unspecified atom stereocenters. The van der Waals surface area contributed by atoms with Crippen molar-refractivity contribution in [2.75, 3.05) is 5.73 Å². The Hall–Kier alpha value is -1.47. The molecule has 1 aromatic rings. The zero-order chi connectivity index (χ0) is 14.2. The summed E-state index contributed by atoms with van der Waals surface area (Å²) >= 11 is 0. The van der Waals surface area contributed by atoms with Crippen LogP contribution >= 0.6 is 0 Å². The second-order valence-corrected chi connectivity index (χ2v) is 3.69. The first-order valence-electron chi connectivity index (χ1n) is 4.64. The average Bonchev–Trinajstić information content (AvgIpc) is 2.19. The van der Waals surface area contributed by atoms with E-state index < -0.39 is 24.4 Å². The maximum atomic E-state index is 13.0. The minimum absolute atomic E-state index is 0.185. The molecular formula is C10H8F7N. The van der Waals surface area contributed by atoms with Crippen LogP contribution < -0.4 is 5.73 Å². The highest BCUT2D eigenvalue weighted by Gasteiger charge is 2.72. The molecular weight excluding hydrogens is 267 g/mol. The Kier molecular flexibility index (Phi) is 3.51. The van der Waals surface area contributed by atoms with Gasteiger partial charge in [0.05, 0.1) is 0 Å². The predicted octanol–water partition coefficient (Wildman–Crippen LogP) is 3.64. The molecule has 0 aromatic heterocycles. The molecule has 1 nitrogen and oxygen atoms in total. The Bertz CT molecular complexity index is 407. The van der Waals surface area contributed by atoms with E-state index in [1.807, 2.05) is 0 Å². The smallest absolute Gasteiger partial charge is 0.399 e. The van der Waals surface area contributed by atoms with Crippen molar-refractivity contribution in [2.45, 2.75) is 24.4 Å². The Morgan fingerprint density at radius 1 is 0.833 bits per heavy atom. The van der Waals surface area contributed by atoms with Crippen molar-refractivity contribution < 1.29 is 30.7 Å². The highest BCUT2D eigenvalue weighted by Crippen LogP contribution is 2.47. The van der Waals surface area contributed by atoms with E-state index in [0.29, 0.717) is 0 Å². The molecule has 0 radical (unpaired) electrons. The number of nitrogen functional groups attached to an aromatic ring is 1. The largest absolute Gasteiger partial charge is 0.459 e. The summed E-state index contributed by atoms with van der Waals surface area (Å²) in [6.45, 7) is 0. The number of rotatable bonds is 3. The zero-order valence-corrected chi connectivity index (χ0v) is 8.74. The first kappa shape index (κ1) is 14.6. The van der Waals surface area contributed by atoms with Gasteiger partial charge in [-0.15, -0.1) is 0 Å². The Balaban J connectivity index is 2.97. The molecule has 8 heteroatoms. The highest BCUT2D eigenvalue weighted by molar-refractivity contribution is 5.39. The third-order valence-corrected chi connectivity index (χ3v) is 2.22. The normalized spacial score (nSPS) is 13.7. The summed E-state index contributed by atoms with van der Waals surface area (Å²) in [4.78, 5) is 0. The summed E-state index contributed by atoms with van der Waals surface area (Å²) in [6.07, 6.45) is -8.02. The van der Waals surface area contributed by atoms with Crippen LogP contribution in [0.2, 0.25) is 0 Å². The van der Waals surface area contributed by atoms with Gasteiger partial charge in [0, 0.05) is 12.1 Å². The number of benzene rings is 1. The van der Waals surface area contributed by atoms with Crippen LogP contribution in [0.1, 0.15) is 5.56 Å². The van der Waals surface area contributed by atoms with E-state index in [2.05, 4.69) is 0 Å². The topological polar surface area (TPSA) is 26.0 Å².